The Balaban J connectivity index is 0.000000354. The molecule has 6 rings (SSSR count). The summed E-state index contributed by atoms with van der Waals surface area (Å²) in [5.41, 5.74) is 2.72. The number of benzene rings is 6. The van der Waals surface area contributed by atoms with Crippen molar-refractivity contribution in [2.75, 3.05) is 52.9 Å². The van der Waals surface area contributed by atoms with Gasteiger partial charge in [0.1, 0.15) is 46.0 Å². The third-order valence-corrected chi connectivity index (χ3v) is 14.4. The van der Waals surface area contributed by atoms with Crippen molar-refractivity contribution >= 4 is 47.8 Å². The van der Waals surface area contributed by atoms with Crippen LogP contribution in [0.15, 0.2) is 184 Å². The molecule has 0 unspecified atom stereocenters. The second-order valence-electron chi connectivity index (χ2n) is 22.0. The average Bonchev–Trinajstić information content (AvgIpc) is 0.860. The van der Waals surface area contributed by atoms with Crippen LogP contribution in [-0.4, -0.2) is 101 Å². The third kappa shape index (κ3) is 31.2. The van der Waals surface area contributed by atoms with E-state index in [0.29, 0.717) is 132 Å². The number of aryl methyl sites for hydroxylation is 2. The monoisotopic (exact) mass is 1340 g/mol. The summed E-state index contributed by atoms with van der Waals surface area (Å²) in [5, 5.41) is 0. The van der Waals surface area contributed by atoms with Gasteiger partial charge in [0.25, 0.3) is 0 Å². The number of hydrogen-bond donors (Lipinski definition) is 0. The van der Waals surface area contributed by atoms with Crippen LogP contribution in [0.25, 0.3) is 0 Å². The quantitative estimate of drug-likeness (QED) is 0.0113. The molecule has 6 aromatic rings. The lowest BCUT2D eigenvalue weighted by Gasteiger charge is -2.11. The highest BCUT2D eigenvalue weighted by molar-refractivity contribution is 5.93. The smallest absolute Gasteiger partial charge is 0.343 e. The first-order valence-electron chi connectivity index (χ1n) is 32.8. The molecule has 0 fully saturated rings. The first kappa shape index (κ1) is 77.9. The van der Waals surface area contributed by atoms with Gasteiger partial charge in [0.15, 0.2) is 0 Å². The molecule has 0 bridgehead atoms. The summed E-state index contributed by atoms with van der Waals surface area (Å²) >= 11 is 0. The van der Waals surface area contributed by atoms with Crippen LogP contribution >= 0.6 is 0 Å². The Kier molecular flexibility index (Phi) is 36.3. The molecule has 20 nitrogen and oxygen atoms in total. The molecule has 520 valence electrons. The van der Waals surface area contributed by atoms with Crippen LogP contribution in [0.5, 0.6) is 46.0 Å². The van der Waals surface area contributed by atoms with E-state index < -0.39 is 47.8 Å². The first-order chi connectivity index (χ1) is 47.6. The van der Waals surface area contributed by atoms with Crippen molar-refractivity contribution in [2.24, 2.45) is 0 Å². The van der Waals surface area contributed by atoms with Gasteiger partial charge in [0.2, 0.25) is 0 Å². The second kappa shape index (κ2) is 45.6. The lowest BCUT2D eigenvalue weighted by atomic mass is 10.2. The van der Waals surface area contributed by atoms with E-state index in [9.17, 15) is 38.4 Å². The number of esters is 8. The Hall–Kier alpha value is -10.8. The summed E-state index contributed by atoms with van der Waals surface area (Å²) in [6, 6.07) is 36.4. The number of hydrogen-bond acceptors (Lipinski definition) is 20. The highest BCUT2D eigenvalue weighted by Crippen LogP contribution is 2.28. The minimum absolute atomic E-state index is 0.319. The molecule has 0 aromatic heterocycles. The topological polar surface area (TPSA) is 247 Å². The van der Waals surface area contributed by atoms with Crippen molar-refractivity contribution in [3.63, 3.8) is 0 Å². The minimum atomic E-state index is -0.526. The lowest BCUT2D eigenvalue weighted by molar-refractivity contribution is -0.138. The lowest BCUT2D eigenvalue weighted by Crippen LogP contribution is -2.10. The summed E-state index contributed by atoms with van der Waals surface area (Å²) < 4.78 is 65.0. The SMILES string of the molecule is C=CC(=O)OCCCCCCOc1ccc(C(=O)Oc2ccc(OC(=O)c3ccc(OCCCCCCOC(=O)C=C)cc3)c(C)c2)cc1.C=CC(=O)OCCCCCCOc1ccc(C(=O)Oc2ccc(OC(=O)c3ccc(OCCCCCCOC(=O)C=C)cc3)c(C)c2)cc1. The Morgan fingerprint density at radius 1 is 0.265 bits per heavy atom. The summed E-state index contributed by atoms with van der Waals surface area (Å²) in [6.45, 7) is 20.6. The van der Waals surface area contributed by atoms with Crippen molar-refractivity contribution in [1.82, 2.24) is 0 Å². The highest BCUT2D eigenvalue weighted by atomic mass is 16.6. The molecule has 0 aliphatic heterocycles. The number of carbonyl (C=O) groups excluding carboxylic acids is 8. The van der Waals surface area contributed by atoms with Gasteiger partial charge in [0.05, 0.1) is 75.1 Å². The zero-order valence-electron chi connectivity index (χ0n) is 56.0. The zero-order valence-corrected chi connectivity index (χ0v) is 56.0. The van der Waals surface area contributed by atoms with E-state index in [1.165, 1.54) is 0 Å². The molecule has 0 amide bonds. The predicted octanol–water partition coefficient (Wildman–Crippen LogP) is 15.5. The molecular weight excluding hydrogens is 1260 g/mol. The number of carbonyl (C=O) groups is 8. The van der Waals surface area contributed by atoms with Crippen molar-refractivity contribution in [1.29, 1.82) is 0 Å². The molecule has 98 heavy (non-hydrogen) atoms. The minimum Gasteiger partial charge on any atom is -0.494 e. The van der Waals surface area contributed by atoms with Crippen LogP contribution in [0, 0.1) is 13.8 Å². The molecule has 0 spiro atoms. The van der Waals surface area contributed by atoms with Gasteiger partial charge in [-0.25, -0.2) is 38.4 Å². The van der Waals surface area contributed by atoms with E-state index >= 15 is 0 Å². The maximum Gasteiger partial charge on any atom is 0.343 e. The van der Waals surface area contributed by atoms with Crippen LogP contribution in [0.1, 0.15) is 155 Å². The van der Waals surface area contributed by atoms with Gasteiger partial charge in [-0.3, -0.25) is 0 Å². The van der Waals surface area contributed by atoms with Gasteiger partial charge >= 0.3 is 47.8 Å². The molecule has 0 atom stereocenters. The van der Waals surface area contributed by atoms with Crippen LogP contribution in [0.4, 0.5) is 0 Å². The molecule has 20 heteroatoms. The summed E-state index contributed by atoms with van der Waals surface area (Å²) in [5.74, 6) is 0.206. The number of unbranched alkanes of at least 4 members (excludes halogenated alkanes) is 12. The third-order valence-electron chi connectivity index (χ3n) is 14.4. The Labute approximate surface area is 573 Å². The fourth-order valence-corrected chi connectivity index (χ4v) is 8.92. The first-order valence-corrected chi connectivity index (χ1v) is 32.8. The summed E-state index contributed by atoms with van der Waals surface area (Å²) in [7, 11) is 0. The largest absolute Gasteiger partial charge is 0.494 e. The van der Waals surface area contributed by atoms with Gasteiger partial charge < -0.3 is 56.8 Å². The molecule has 0 radical (unpaired) electrons. The normalized spacial score (nSPS) is 10.4. The van der Waals surface area contributed by atoms with E-state index in [0.717, 1.165) is 127 Å². The van der Waals surface area contributed by atoms with E-state index in [1.807, 2.05) is 0 Å². The second-order valence-corrected chi connectivity index (χ2v) is 22.0. The Morgan fingerprint density at radius 3 is 0.684 bits per heavy atom. The van der Waals surface area contributed by atoms with Crippen molar-refractivity contribution in [2.45, 2.75) is 117 Å². The Morgan fingerprint density at radius 2 is 0.469 bits per heavy atom. The van der Waals surface area contributed by atoms with Crippen LogP contribution in [0.3, 0.4) is 0 Å². The molecule has 0 saturated carbocycles. The Bertz CT molecular complexity index is 3290. The predicted molar refractivity (Wildman–Crippen MR) is 368 cm³/mol. The van der Waals surface area contributed by atoms with Crippen LogP contribution in [0.2, 0.25) is 0 Å². The van der Waals surface area contributed by atoms with Gasteiger partial charge in [-0.2, -0.15) is 0 Å². The summed E-state index contributed by atoms with van der Waals surface area (Å²) in [4.78, 5) is 95.0. The van der Waals surface area contributed by atoms with E-state index in [-0.39, 0.29) is 0 Å². The van der Waals surface area contributed by atoms with Crippen molar-refractivity contribution < 1.29 is 95.2 Å². The highest BCUT2D eigenvalue weighted by Gasteiger charge is 2.17. The maximum atomic E-state index is 12.8. The van der Waals surface area contributed by atoms with Crippen LogP contribution < -0.4 is 37.9 Å². The molecule has 0 aliphatic rings. The van der Waals surface area contributed by atoms with Gasteiger partial charge in [-0.1, -0.05) is 26.3 Å². The average molecular weight is 1350 g/mol. The van der Waals surface area contributed by atoms with Gasteiger partial charge in [-0.15, -0.1) is 0 Å². The van der Waals surface area contributed by atoms with E-state index in [1.54, 1.807) is 147 Å². The number of rotatable bonds is 44. The van der Waals surface area contributed by atoms with E-state index in [2.05, 4.69) is 26.3 Å². The molecule has 0 saturated heterocycles. The molecule has 0 aliphatic carbocycles. The molecular formula is C78H88O20. The van der Waals surface area contributed by atoms with Gasteiger partial charge in [-0.05, 0) is 261 Å². The fraction of sp³-hybridized carbons (Fsp3) is 0.333. The standard InChI is InChI=1S/2C39H44O10/c2*1-4-36(40)46-26-12-8-6-10-24-44-32-18-14-30(15-19-32)38(42)48-34-22-23-35(29(3)28-34)49-39(43)31-16-20-33(21-17-31)45-25-11-7-9-13-27-47-37(41)5-2/h2*4-5,14-23,28H,1-2,6-13,24-27H2,3H3. The van der Waals surface area contributed by atoms with Gasteiger partial charge in [0, 0.05) is 24.3 Å². The summed E-state index contributed by atoms with van der Waals surface area (Å²) in [6.07, 6.45) is 18.7. The van der Waals surface area contributed by atoms with Crippen molar-refractivity contribution in [3.05, 3.63) is 217 Å². The fourth-order valence-electron chi connectivity index (χ4n) is 8.92. The molecule has 6 aromatic carbocycles. The number of ether oxygens (including phenoxy) is 12. The zero-order chi connectivity index (χ0) is 70.5. The molecule has 0 N–H and O–H groups in total. The van der Waals surface area contributed by atoms with Crippen LogP contribution in [-0.2, 0) is 38.1 Å². The maximum absolute atomic E-state index is 12.8. The molecule has 0 heterocycles. The van der Waals surface area contributed by atoms with Crippen molar-refractivity contribution in [3.8, 4) is 46.0 Å². The van der Waals surface area contributed by atoms with E-state index in [4.69, 9.17) is 56.8 Å².